The van der Waals surface area contributed by atoms with E-state index in [9.17, 15) is 10.2 Å². The summed E-state index contributed by atoms with van der Waals surface area (Å²) in [5.74, 6) is 0.428. The summed E-state index contributed by atoms with van der Waals surface area (Å²) in [4.78, 5) is 0. The predicted molar refractivity (Wildman–Crippen MR) is 77.9 cm³/mol. The highest BCUT2D eigenvalue weighted by Crippen LogP contribution is 2.27. The molecule has 0 aliphatic rings. The van der Waals surface area contributed by atoms with E-state index in [1.165, 1.54) is 23.2 Å². The number of aromatic amines is 1. The molecule has 0 spiro atoms. The van der Waals surface area contributed by atoms with E-state index in [0.717, 1.165) is 0 Å². The third kappa shape index (κ3) is 2.43. The Hall–Kier alpha value is -2.87. The minimum atomic E-state index is -0.254. The van der Waals surface area contributed by atoms with Gasteiger partial charge in [-0.1, -0.05) is 6.07 Å². The van der Waals surface area contributed by atoms with E-state index in [4.69, 9.17) is 16.6 Å². The van der Waals surface area contributed by atoms with Crippen LogP contribution >= 0.6 is 12.2 Å². The third-order valence-electron chi connectivity index (χ3n) is 2.75. The molecule has 0 radical (unpaired) electrons. The second kappa shape index (κ2) is 5.25. The maximum absolute atomic E-state index is 9.73. The first-order valence-corrected chi connectivity index (χ1v) is 6.34. The van der Waals surface area contributed by atoms with Gasteiger partial charge in [-0.15, -0.1) is 5.10 Å². The summed E-state index contributed by atoms with van der Waals surface area (Å²) in [6.07, 6.45) is 2.88. The smallest absolute Gasteiger partial charge is 0.219 e. The average Bonchev–Trinajstić information content (AvgIpc) is 3.10. The lowest BCUT2D eigenvalue weighted by Crippen LogP contribution is -1.94. The summed E-state index contributed by atoms with van der Waals surface area (Å²) in [5.41, 5.74) is 0.350. The van der Waals surface area contributed by atoms with Crippen LogP contribution in [0.5, 0.6) is 11.5 Å². The third-order valence-corrected chi connectivity index (χ3v) is 3.01. The van der Waals surface area contributed by atoms with Gasteiger partial charge < -0.3 is 14.6 Å². The first kappa shape index (κ1) is 13.1. The van der Waals surface area contributed by atoms with Crippen LogP contribution < -0.4 is 0 Å². The zero-order valence-electron chi connectivity index (χ0n) is 10.6. The van der Waals surface area contributed by atoms with Crippen molar-refractivity contribution in [2.45, 2.75) is 0 Å². The highest BCUT2D eigenvalue weighted by molar-refractivity contribution is 7.71. The molecule has 0 amide bonds. The fourth-order valence-electron chi connectivity index (χ4n) is 1.74. The lowest BCUT2D eigenvalue weighted by atomic mass is 10.2. The molecule has 21 heavy (non-hydrogen) atoms. The minimum Gasteiger partial charge on any atom is -0.504 e. The fourth-order valence-corrected chi connectivity index (χ4v) is 1.92. The molecule has 0 aliphatic carbocycles. The van der Waals surface area contributed by atoms with E-state index in [1.807, 2.05) is 0 Å². The van der Waals surface area contributed by atoms with Crippen molar-refractivity contribution in [3.63, 3.8) is 0 Å². The van der Waals surface area contributed by atoms with Crippen LogP contribution in [0, 0.1) is 4.77 Å². The van der Waals surface area contributed by atoms with Crippen LogP contribution in [0.4, 0.5) is 0 Å². The van der Waals surface area contributed by atoms with Gasteiger partial charge in [0.1, 0.15) is 0 Å². The number of H-pyrrole nitrogens is 1. The number of hydrogen-bond donors (Lipinski definition) is 3. The van der Waals surface area contributed by atoms with E-state index in [0.29, 0.717) is 17.1 Å². The molecule has 0 bridgehead atoms. The van der Waals surface area contributed by atoms with Crippen molar-refractivity contribution in [2.75, 3.05) is 0 Å². The quantitative estimate of drug-likeness (QED) is 0.392. The van der Waals surface area contributed by atoms with Crippen LogP contribution in [0.2, 0.25) is 0 Å². The predicted octanol–water partition coefficient (Wildman–Crippen LogP) is 2.49. The van der Waals surface area contributed by atoms with Crippen LogP contribution in [-0.4, -0.2) is 31.3 Å². The van der Waals surface area contributed by atoms with Gasteiger partial charge in [-0.25, -0.2) is 5.10 Å². The van der Waals surface area contributed by atoms with E-state index in [1.54, 1.807) is 24.3 Å². The monoisotopic (exact) mass is 302 g/mol. The van der Waals surface area contributed by atoms with Crippen LogP contribution in [0.15, 0.2) is 46.1 Å². The Kier molecular flexibility index (Phi) is 3.28. The Morgan fingerprint density at radius 2 is 2.14 bits per heavy atom. The van der Waals surface area contributed by atoms with Crippen molar-refractivity contribution in [1.82, 2.24) is 14.9 Å². The molecule has 3 N–H and O–H groups in total. The Bertz CT molecular complexity index is 849. The summed E-state index contributed by atoms with van der Waals surface area (Å²) in [6, 6.07) is 8.03. The van der Waals surface area contributed by atoms with Crippen LogP contribution in [0.1, 0.15) is 5.56 Å². The number of furan rings is 1. The number of phenolic OH excluding ortho intramolecular Hbond substituents is 2. The normalized spacial score (nSPS) is 11.2. The molecule has 2 aromatic heterocycles. The Labute approximate surface area is 123 Å². The van der Waals surface area contributed by atoms with Crippen LogP contribution in [0.25, 0.3) is 11.6 Å². The first-order valence-electron chi connectivity index (χ1n) is 5.93. The van der Waals surface area contributed by atoms with Gasteiger partial charge in [0.2, 0.25) is 10.6 Å². The number of nitrogens with one attached hydrogen (secondary N) is 1. The highest BCUT2D eigenvalue weighted by atomic mass is 32.1. The zero-order chi connectivity index (χ0) is 14.8. The Balaban J connectivity index is 2.03. The van der Waals surface area contributed by atoms with Gasteiger partial charge in [0, 0.05) is 5.56 Å². The molecule has 0 atom stereocenters. The molecule has 0 aliphatic heterocycles. The molecule has 8 heteroatoms. The molecular weight excluding hydrogens is 292 g/mol. The van der Waals surface area contributed by atoms with E-state index in [-0.39, 0.29) is 16.3 Å². The van der Waals surface area contributed by atoms with Gasteiger partial charge in [0.15, 0.2) is 17.3 Å². The molecular formula is C13H10N4O3S. The molecule has 0 fully saturated rings. The second-order valence-electron chi connectivity index (χ2n) is 4.10. The molecule has 1 aromatic carbocycles. The van der Waals surface area contributed by atoms with Gasteiger partial charge in [-0.3, -0.25) is 0 Å². The van der Waals surface area contributed by atoms with Crippen LogP contribution in [0.3, 0.4) is 0 Å². The van der Waals surface area contributed by atoms with Crippen molar-refractivity contribution in [3.8, 4) is 23.1 Å². The van der Waals surface area contributed by atoms with Crippen molar-refractivity contribution >= 4 is 18.4 Å². The number of nitrogens with zero attached hydrogens (tertiary/aromatic N) is 3. The minimum absolute atomic E-state index is 0.221. The summed E-state index contributed by atoms with van der Waals surface area (Å²) in [7, 11) is 0. The maximum atomic E-state index is 9.73. The average molecular weight is 302 g/mol. The number of aromatic hydroxyl groups is 2. The lowest BCUT2D eigenvalue weighted by molar-refractivity contribution is 0.403. The maximum Gasteiger partial charge on any atom is 0.219 e. The Morgan fingerprint density at radius 3 is 2.90 bits per heavy atom. The molecule has 7 nitrogen and oxygen atoms in total. The second-order valence-corrected chi connectivity index (χ2v) is 4.49. The van der Waals surface area contributed by atoms with Crippen molar-refractivity contribution in [3.05, 3.63) is 46.9 Å². The van der Waals surface area contributed by atoms with E-state index in [2.05, 4.69) is 15.3 Å². The van der Waals surface area contributed by atoms with Crippen LogP contribution in [-0.2, 0) is 0 Å². The lowest BCUT2D eigenvalue weighted by Gasteiger charge is -2.01. The molecule has 3 aromatic rings. The summed E-state index contributed by atoms with van der Waals surface area (Å²) in [5, 5.41) is 30.0. The van der Waals surface area contributed by atoms with Gasteiger partial charge in [0.05, 0.1) is 12.5 Å². The topological polar surface area (TPSA) is 99.6 Å². The number of para-hydroxylation sites is 1. The fraction of sp³-hybridized carbons (Fsp3) is 0. The summed E-state index contributed by atoms with van der Waals surface area (Å²) < 4.78 is 6.89. The SMILES string of the molecule is Oc1cccc(/C=N/n2c(-c3ccco3)n[nH]c2=S)c1O. The van der Waals surface area contributed by atoms with Gasteiger partial charge >= 0.3 is 0 Å². The molecule has 106 valence electrons. The van der Waals surface area contributed by atoms with Gasteiger partial charge in [-0.05, 0) is 36.5 Å². The standard InChI is InChI=1S/C13H10N4O3S/c18-9-4-1-3-8(11(9)19)7-14-17-12(15-16-13(17)21)10-5-2-6-20-10/h1-7,18-19H,(H,16,21)/b14-7+. The number of hydrogen-bond acceptors (Lipinski definition) is 6. The number of phenols is 2. The number of benzene rings is 1. The number of rotatable bonds is 3. The largest absolute Gasteiger partial charge is 0.504 e. The molecule has 0 unspecified atom stereocenters. The number of aromatic nitrogens is 3. The molecule has 2 heterocycles. The van der Waals surface area contributed by atoms with Gasteiger partial charge in [-0.2, -0.15) is 9.78 Å². The summed E-state index contributed by atoms with van der Waals surface area (Å²) in [6.45, 7) is 0. The van der Waals surface area contributed by atoms with Crippen molar-refractivity contribution in [2.24, 2.45) is 5.10 Å². The summed E-state index contributed by atoms with van der Waals surface area (Å²) >= 11 is 5.10. The molecule has 3 rings (SSSR count). The first-order chi connectivity index (χ1) is 10.2. The zero-order valence-corrected chi connectivity index (χ0v) is 11.4. The van der Waals surface area contributed by atoms with Crippen molar-refractivity contribution < 1.29 is 14.6 Å². The van der Waals surface area contributed by atoms with E-state index >= 15 is 0 Å². The van der Waals surface area contributed by atoms with E-state index < -0.39 is 0 Å². The highest BCUT2D eigenvalue weighted by Gasteiger charge is 2.10. The van der Waals surface area contributed by atoms with Crippen molar-refractivity contribution in [1.29, 1.82) is 0 Å². The Morgan fingerprint density at radius 1 is 1.29 bits per heavy atom. The molecule has 0 saturated carbocycles. The molecule has 0 saturated heterocycles. The van der Waals surface area contributed by atoms with Gasteiger partial charge in [0.25, 0.3) is 0 Å².